The van der Waals surface area contributed by atoms with E-state index in [0.29, 0.717) is 26.7 Å². The summed E-state index contributed by atoms with van der Waals surface area (Å²) in [6.07, 6.45) is -1.48. The van der Waals surface area contributed by atoms with E-state index in [4.69, 9.17) is 37.4 Å². The third-order valence-corrected chi connectivity index (χ3v) is 4.72. The number of carbonyl (C=O) groups is 1. The third-order valence-electron chi connectivity index (χ3n) is 4.16. The second-order valence-electron chi connectivity index (χ2n) is 5.41. The Bertz CT molecular complexity index is 807. The Morgan fingerprint density at radius 2 is 1.83 bits per heavy atom. The Kier molecular flexibility index (Phi) is 3.48. The van der Waals surface area contributed by atoms with Crippen LogP contribution in [0, 0.1) is 0 Å². The number of hydrogen-bond acceptors (Lipinski definition) is 4. The fraction of sp³-hybridized carbons (Fsp3) is 0.235. The molecule has 2 aromatic rings. The number of ketones is 1. The first-order chi connectivity index (χ1) is 11.1. The molecule has 4 nitrogen and oxygen atoms in total. The zero-order valence-electron chi connectivity index (χ0n) is 12.1. The number of ether oxygens (including phenoxy) is 3. The predicted molar refractivity (Wildman–Crippen MR) is 84.6 cm³/mol. The topological polar surface area (TPSA) is 44.8 Å². The smallest absolute Gasteiger partial charge is 0.313 e. The van der Waals surface area contributed by atoms with Crippen molar-refractivity contribution in [3.05, 3.63) is 69.2 Å². The van der Waals surface area contributed by atoms with Crippen molar-refractivity contribution in [2.75, 3.05) is 7.11 Å². The van der Waals surface area contributed by atoms with E-state index in [1.165, 1.54) is 7.11 Å². The first-order valence-corrected chi connectivity index (χ1v) is 7.81. The van der Waals surface area contributed by atoms with Crippen molar-refractivity contribution >= 4 is 29.0 Å². The average Bonchev–Trinajstić information content (AvgIpc) is 2.91. The van der Waals surface area contributed by atoms with Gasteiger partial charge in [0.05, 0.1) is 5.56 Å². The minimum atomic E-state index is -1.40. The van der Waals surface area contributed by atoms with Gasteiger partial charge in [0.25, 0.3) is 0 Å². The molecular formula is C17H12Cl2O4. The van der Waals surface area contributed by atoms with Crippen molar-refractivity contribution in [3.8, 4) is 0 Å². The zero-order valence-corrected chi connectivity index (χ0v) is 13.6. The molecule has 2 heterocycles. The number of carbonyl (C=O) groups excluding carboxylic acids is 1. The van der Waals surface area contributed by atoms with Gasteiger partial charge in [-0.3, -0.25) is 4.79 Å². The molecule has 2 bridgehead atoms. The largest absolute Gasteiger partial charge is 0.327 e. The van der Waals surface area contributed by atoms with Gasteiger partial charge in [0, 0.05) is 28.3 Å². The highest BCUT2D eigenvalue weighted by Crippen LogP contribution is 2.51. The summed E-state index contributed by atoms with van der Waals surface area (Å²) in [6, 6.07) is 12.2. The molecule has 0 N–H and O–H groups in total. The summed E-state index contributed by atoms with van der Waals surface area (Å²) in [5, 5.41) is 0.929. The van der Waals surface area contributed by atoms with Crippen molar-refractivity contribution in [3.63, 3.8) is 0 Å². The summed E-state index contributed by atoms with van der Waals surface area (Å²) < 4.78 is 17.4. The molecule has 0 aliphatic carbocycles. The summed E-state index contributed by atoms with van der Waals surface area (Å²) in [4.78, 5) is 12.8. The van der Waals surface area contributed by atoms with Crippen LogP contribution in [0.1, 0.15) is 27.6 Å². The SMILES string of the molecule is CO[C@@]12O[C@@H](C(=O)c3ccccc31)[C@H](c1ccc(Cl)cc1Cl)O2. The van der Waals surface area contributed by atoms with E-state index in [0.717, 1.165) is 0 Å². The first kappa shape index (κ1) is 15.1. The fourth-order valence-corrected chi connectivity index (χ4v) is 3.60. The molecule has 2 aliphatic heterocycles. The normalized spacial score (nSPS) is 28.7. The van der Waals surface area contributed by atoms with Gasteiger partial charge in [-0.15, -0.1) is 0 Å². The van der Waals surface area contributed by atoms with Crippen LogP contribution in [0.3, 0.4) is 0 Å². The monoisotopic (exact) mass is 350 g/mol. The molecule has 0 aromatic heterocycles. The Labute approximate surface area is 142 Å². The summed E-state index contributed by atoms with van der Waals surface area (Å²) in [5.74, 6) is -1.55. The van der Waals surface area contributed by atoms with E-state index in [9.17, 15) is 4.79 Å². The molecule has 0 spiro atoms. The molecule has 118 valence electrons. The van der Waals surface area contributed by atoms with Gasteiger partial charge in [0.1, 0.15) is 6.10 Å². The van der Waals surface area contributed by atoms with Gasteiger partial charge in [-0.05, 0) is 12.1 Å². The second kappa shape index (κ2) is 5.30. The van der Waals surface area contributed by atoms with E-state index >= 15 is 0 Å². The molecular weight excluding hydrogens is 339 g/mol. The second-order valence-corrected chi connectivity index (χ2v) is 6.26. The minimum absolute atomic E-state index is 0.151. The Morgan fingerprint density at radius 1 is 1.09 bits per heavy atom. The zero-order chi connectivity index (χ0) is 16.2. The standard InChI is InChI=1S/C17H12Cl2O4/c1-21-17-12-5-3-2-4-10(12)14(20)16(23-17)15(22-17)11-7-6-9(18)8-13(11)19/h2-8,15-16H,1H3/t15-,16-,17-/m0/s1. The van der Waals surface area contributed by atoms with Crippen LogP contribution in [0.15, 0.2) is 42.5 Å². The van der Waals surface area contributed by atoms with E-state index in [2.05, 4.69) is 0 Å². The van der Waals surface area contributed by atoms with Crippen LogP contribution < -0.4 is 0 Å². The molecule has 0 unspecified atom stereocenters. The van der Waals surface area contributed by atoms with E-state index in [1.807, 2.05) is 6.07 Å². The maximum Gasteiger partial charge on any atom is 0.313 e. The lowest BCUT2D eigenvalue weighted by Crippen LogP contribution is -2.39. The number of halogens is 2. The van der Waals surface area contributed by atoms with Gasteiger partial charge in [-0.2, -0.15) is 0 Å². The number of hydrogen-bond donors (Lipinski definition) is 0. The number of fused-ring (bicyclic) bond motifs is 4. The van der Waals surface area contributed by atoms with Crippen molar-refractivity contribution in [2.24, 2.45) is 0 Å². The van der Waals surface area contributed by atoms with E-state index in [-0.39, 0.29) is 5.78 Å². The van der Waals surface area contributed by atoms with Crippen molar-refractivity contribution in [1.82, 2.24) is 0 Å². The van der Waals surface area contributed by atoms with Gasteiger partial charge in [-0.25, -0.2) is 0 Å². The summed E-state index contributed by atoms with van der Waals surface area (Å²) in [6.45, 7) is 0. The Hall–Kier alpha value is -1.43. The van der Waals surface area contributed by atoms with Gasteiger partial charge in [-0.1, -0.05) is 53.5 Å². The third kappa shape index (κ3) is 2.14. The lowest BCUT2D eigenvalue weighted by atomic mass is 9.93. The molecule has 0 amide bonds. The van der Waals surface area contributed by atoms with E-state index < -0.39 is 18.2 Å². The molecule has 2 aromatic carbocycles. The van der Waals surface area contributed by atoms with Gasteiger partial charge in [0.2, 0.25) is 0 Å². The first-order valence-electron chi connectivity index (χ1n) is 7.05. The lowest BCUT2D eigenvalue weighted by molar-refractivity contribution is -0.343. The highest BCUT2D eigenvalue weighted by molar-refractivity contribution is 6.35. The lowest BCUT2D eigenvalue weighted by Gasteiger charge is -2.30. The summed E-state index contributed by atoms with van der Waals surface area (Å²) >= 11 is 12.2. The summed E-state index contributed by atoms with van der Waals surface area (Å²) in [7, 11) is 1.48. The van der Waals surface area contributed by atoms with Crippen LogP contribution in [0.4, 0.5) is 0 Å². The molecule has 2 aliphatic rings. The maximum absolute atomic E-state index is 12.8. The number of benzene rings is 2. The van der Waals surface area contributed by atoms with E-state index in [1.54, 1.807) is 36.4 Å². The predicted octanol–water partition coefficient (Wildman–Crippen LogP) is 4.10. The number of Topliss-reactive ketones (excluding diaryl/α,β-unsaturated/α-hetero) is 1. The molecule has 4 rings (SSSR count). The Morgan fingerprint density at radius 3 is 2.57 bits per heavy atom. The summed E-state index contributed by atoms with van der Waals surface area (Å²) in [5.41, 5.74) is 1.75. The Balaban J connectivity index is 1.85. The van der Waals surface area contributed by atoms with Gasteiger partial charge in [0.15, 0.2) is 11.9 Å². The molecule has 0 saturated carbocycles. The molecule has 6 heteroatoms. The van der Waals surface area contributed by atoms with Crippen LogP contribution in [-0.2, 0) is 20.2 Å². The van der Waals surface area contributed by atoms with Gasteiger partial charge >= 0.3 is 5.97 Å². The van der Waals surface area contributed by atoms with Crippen molar-refractivity contribution in [1.29, 1.82) is 0 Å². The molecule has 1 fully saturated rings. The molecule has 1 saturated heterocycles. The average molecular weight is 351 g/mol. The molecule has 3 atom stereocenters. The number of rotatable bonds is 2. The van der Waals surface area contributed by atoms with Crippen molar-refractivity contribution in [2.45, 2.75) is 18.2 Å². The highest BCUT2D eigenvalue weighted by atomic mass is 35.5. The van der Waals surface area contributed by atoms with Crippen LogP contribution in [-0.4, -0.2) is 19.0 Å². The van der Waals surface area contributed by atoms with Crippen LogP contribution >= 0.6 is 23.2 Å². The van der Waals surface area contributed by atoms with Crippen LogP contribution in [0.25, 0.3) is 0 Å². The van der Waals surface area contributed by atoms with Gasteiger partial charge < -0.3 is 14.2 Å². The van der Waals surface area contributed by atoms with Crippen molar-refractivity contribution < 1.29 is 19.0 Å². The molecule has 0 radical (unpaired) electrons. The maximum atomic E-state index is 12.8. The fourth-order valence-electron chi connectivity index (χ4n) is 3.09. The highest BCUT2D eigenvalue weighted by Gasteiger charge is 2.58. The minimum Gasteiger partial charge on any atom is -0.327 e. The van der Waals surface area contributed by atoms with Crippen LogP contribution in [0.5, 0.6) is 0 Å². The van der Waals surface area contributed by atoms with Crippen LogP contribution in [0.2, 0.25) is 10.0 Å². The quantitative estimate of drug-likeness (QED) is 0.817. The number of methoxy groups -OCH3 is 1. The molecule has 23 heavy (non-hydrogen) atoms.